The first-order valence-corrected chi connectivity index (χ1v) is 9.11. The molecule has 1 amide bonds. The van der Waals surface area contributed by atoms with Gasteiger partial charge in [-0.15, -0.1) is 0 Å². The van der Waals surface area contributed by atoms with Gasteiger partial charge in [0.05, 0.1) is 17.5 Å². The van der Waals surface area contributed by atoms with Crippen LogP contribution in [0.4, 0.5) is 0 Å². The number of carbonyl (C=O) groups excluding carboxylic acids is 1. The maximum absolute atomic E-state index is 13.0. The molecule has 5 heteroatoms. The third-order valence-electron chi connectivity index (χ3n) is 5.17. The molecule has 0 spiro atoms. The van der Waals surface area contributed by atoms with Crippen molar-refractivity contribution in [1.82, 2.24) is 19.7 Å². The number of aromatic nitrogens is 3. The summed E-state index contributed by atoms with van der Waals surface area (Å²) in [4.78, 5) is 19.6. The van der Waals surface area contributed by atoms with E-state index in [0.717, 1.165) is 29.6 Å². The van der Waals surface area contributed by atoms with E-state index in [1.807, 2.05) is 35.8 Å². The smallest absolute Gasteiger partial charge is 0.255 e. The molecule has 0 aromatic carbocycles. The van der Waals surface area contributed by atoms with Gasteiger partial charge >= 0.3 is 0 Å². The van der Waals surface area contributed by atoms with Gasteiger partial charge in [-0.1, -0.05) is 25.7 Å². The Bertz CT molecular complexity index is 726. The molecule has 0 unspecified atom stereocenters. The van der Waals surface area contributed by atoms with Gasteiger partial charge < -0.3 is 4.90 Å². The Morgan fingerprint density at radius 2 is 1.92 bits per heavy atom. The van der Waals surface area contributed by atoms with E-state index in [9.17, 15) is 4.79 Å². The fourth-order valence-corrected chi connectivity index (χ4v) is 3.66. The Morgan fingerprint density at radius 3 is 2.54 bits per heavy atom. The summed E-state index contributed by atoms with van der Waals surface area (Å²) in [5.41, 5.74) is 2.35. The second-order valence-electron chi connectivity index (χ2n) is 7.28. The second-order valence-corrected chi connectivity index (χ2v) is 7.28. The van der Waals surface area contributed by atoms with Gasteiger partial charge in [-0.2, -0.15) is 5.10 Å². The molecule has 2 aromatic rings. The molecule has 0 radical (unpaired) electrons. The number of pyridine rings is 1. The first kappa shape index (κ1) is 16.9. The molecule has 1 saturated carbocycles. The number of hydrogen-bond donors (Lipinski definition) is 0. The molecule has 1 aliphatic carbocycles. The molecule has 0 atom stereocenters. The summed E-state index contributed by atoms with van der Waals surface area (Å²) in [6.45, 7) is 6.09. The van der Waals surface area contributed by atoms with E-state index in [2.05, 4.69) is 23.9 Å². The van der Waals surface area contributed by atoms with Crippen molar-refractivity contribution in [2.45, 2.75) is 71.4 Å². The summed E-state index contributed by atoms with van der Waals surface area (Å²) in [6.07, 6.45) is 9.06. The van der Waals surface area contributed by atoms with Gasteiger partial charge in [0.1, 0.15) is 0 Å². The standard InChI is InChI=1S/C19H28N4O/c1-13(2)23-18-15(12-20-23)11-17(14(3)21-18)19(24)22(4)16-9-7-5-6-8-10-16/h11-13,16H,5-10H2,1-4H3. The van der Waals surface area contributed by atoms with Crippen LogP contribution in [0.25, 0.3) is 11.0 Å². The summed E-state index contributed by atoms with van der Waals surface area (Å²) in [7, 11) is 1.94. The first-order valence-electron chi connectivity index (χ1n) is 9.11. The fraction of sp³-hybridized carbons (Fsp3) is 0.632. The van der Waals surface area contributed by atoms with Crippen LogP contribution in [0.5, 0.6) is 0 Å². The zero-order valence-corrected chi connectivity index (χ0v) is 15.2. The van der Waals surface area contributed by atoms with Crippen LogP contribution in [-0.2, 0) is 0 Å². The Labute approximate surface area is 144 Å². The minimum absolute atomic E-state index is 0.0890. The van der Waals surface area contributed by atoms with Gasteiger partial charge in [0.25, 0.3) is 5.91 Å². The summed E-state index contributed by atoms with van der Waals surface area (Å²) in [6, 6.07) is 2.57. The predicted octanol–water partition coefficient (Wildman–Crippen LogP) is 4.12. The molecule has 1 fully saturated rings. The van der Waals surface area contributed by atoms with Crippen LogP contribution >= 0.6 is 0 Å². The van der Waals surface area contributed by atoms with Gasteiger partial charge in [-0.25, -0.2) is 9.67 Å². The van der Waals surface area contributed by atoms with Crippen LogP contribution < -0.4 is 0 Å². The van der Waals surface area contributed by atoms with Crippen molar-refractivity contribution in [3.63, 3.8) is 0 Å². The fourth-order valence-electron chi connectivity index (χ4n) is 3.66. The molecule has 0 aliphatic heterocycles. The molecule has 3 rings (SSSR count). The highest BCUT2D eigenvalue weighted by atomic mass is 16.2. The van der Waals surface area contributed by atoms with Crippen LogP contribution in [0.15, 0.2) is 12.3 Å². The average Bonchev–Trinajstić information content (AvgIpc) is 2.78. The van der Waals surface area contributed by atoms with E-state index in [0.29, 0.717) is 11.6 Å². The lowest BCUT2D eigenvalue weighted by Crippen LogP contribution is -2.37. The Morgan fingerprint density at radius 1 is 1.25 bits per heavy atom. The van der Waals surface area contributed by atoms with E-state index in [-0.39, 0.29) is 11.9 Å². The molecule has 24 heavy (non-hydrogen) atoms. The average molecular weight is 328 g/mol. The first-order chi connectivity index (χ1) is 11.5. The minimum atomic E-state index is 0.0890. The molecule has 0 bridgehead atoms. The molecule has 1 aliphatic rings. The monoisotopic (exact) mass is 328 g/mol. The van der Waals surface area contributed by atoms with Crippen molar-refractivity contribution in [2.24, 2.45) is 0 Å². The Hall–Kier alpha value is -1.91. The van der Waals surface area contributed by atoms with Gasteiger partial charge in [0.2, 0.25) is 0 Å². The zero-order valence-electron chi connectivity index (χ0n) is 15.2. The van der Waals surface area contributed by atoms with E-state index >= 15 is 0 Å². The van der Waals surface area contributed by atoms with Crippen LogP contribution in [0.1, 0.15) is 74.5 Å². The van der Waals surface area contributed by atoms with Gasteiger partial charge in [0.15, 0.2) is 5.65 Å². The van der Waals surface area contributed by atoms with Crippen LogP contribution in [0, 0.1) is 6.92 Å². The lowest BCUT2D eigenvalue weighted by molar-refractivity contribution is 0.0716. The number of carbonyl (C=O) groups is 1. The summed E-state index contributed by atoms with van der Waals surface area (Å²) in [5, 5.41) is 5.35. The number of amides is 1. The molecular formula is C19H28N4O. The zero-order chi connectivity index (χ0) is 17.3. The maximum atomic E-state index is 13.0. The van der Waals surface area contributed by atoms with Crippen molar-refractivity contribution >= 4 is 16.9 Å². The van der Waals surface area contributed by atoms with E-state index < -0.39 is 0 Å². The topological polar surface area (TPSA) is 51.0 Å². The van der Waals surface area contributed by atoms with Gasteiger partial charge in [-0.05, 0) is 39.7 Å². The van der Waals surface area contributed by atoms with Crippen molar-refractivity contribution in [1.29, 1.82) is 0 Å². The quantitative estimate of drug-likeness (QED) is 0.797. The maximum Gasteiger partial charge on any atom is 0.255 e. The SMILES string of the molecule is Cc1nc2c(cnn2C(C)C)cc1C(=O)N(C)C1CCCCCC1. The van der Waals surface area contributed by atoms with Gasteiger partial charge in [0, 0.05) is 24.5 Å². The molecule has 130 valence electrons. The second kappa shape index (κ2) is 6.91. The largest absolute Gasteiger partial charge is 0.339 e. The van der Waals surface area contributed by atoms with Crippen molar-refractivity contribution < 1.29 is 4.79 Å². The molecule has 5 nitrogen and oxygen atoms in total. The normalized spacial score (nSPS) is 16.5. The number of hydrogen-bond acceptors (Lipinski definition) is 3. The van der Waals surface area contributed by atoms with Crippen molar-refractivity contribution in [3.8, 4) is 0 Å². The Kier molecular flexibility index (Phi) is 4.88. The van der Waals surface area contributed by atoms with E-state index in [1.54, 1.807) is 0 Å². The summed E-state index contributed by atoms with van der Waals surface area (Å²) < 4.78 is 1.91. The minimum Gasteiger partial charge on any atom is -0.339 e. The van der Waals surface area contributed by atoms with Crippen LogP contribution in [0.2, 0.25) is 0 Å². The third-order valence-corrected chi connectivity index (χ3v) is 5.17. The summed E-state index contributed by atoms with van der Waals surface area (Å²) >= 11 is 0. The highest BCUT2D eigenvalue weighted by molar-refractivity contribution is 5.98. The van der Waals surface area contributed by atoms with E-state index in [1.165, 1.54) is 25.7 Å². The van der Waals surface area contributed by atoms with E-state index in [4.69, 9.17) is 0 Å². The van der Waals surface area contributed by atoms with Crippen LogP contribution in [0.3, 0.4) is 0 Å². The lowest BCUT2D eigenvalue weighted by atomic mass is 10.1. The lowest BCUT2D eigenvalue weighted by Gasteiger charge is -2.27. The van der Waals surface area contributed by atoms with Crippen LogP contribution in [-0.4, -0.2) is 38.7 Å². The number of aryl methyl sites for hydroxylation is 1. The molecule has 2 aromatic heterocycles. The predicted molar refractivity (Wildman–Crippen MR) is 96.2 cm³/mol. The molecule has 0 saturated heterocycles. The molecular weight excluding hydrogens is 300 g/mol. The summed E-state index contributed by atoms with van der Waals surface area (Å²) in [5.74, 6) is 0.0890. The molecule has 0 N–H and O–H groups in total. The number of rotatable bonds is 3. The highest BCUT2D eigenvalue weighted by Gasteiger charge is 2.24. The number of nitrogens with zero attached hydrogens (tertiary/aromatic N) is 4. The highest BCUT2D eigenvalue weighted by Crippen LogP contribution is 2.24. The molecule has 2 heterocycles. The van der Waals surface area contributed by atoms with Crippen molar-refractivity contribution in [2.75, 3.05) is 7.05 Å². The third kappa shape index (κ3) is 3.17. The Balaban J connectivity index is 1.90. The van der Waals surface area contributed by atoms with Gasteiger partial charge in [-0.3, -0.25) is 4.79 Å². The van der Waals surface area contributed by atoms with Crippen molar-refractivity contribution in [3.05, 3.63) is 23.5 Å². The number of fused-ring (bicyclic) bond motifs is 1.